The van der Waals surface area contributed by atoms with Gasteiger partial charge in [-0.3, -0.25) is 14.4 Å². The van der Waals surface area contributed by atoms with Gasteiger partial charge in [-0.2, -0.15) is 0 Å². The normalized spacial score (nSPS) is 22.1. The molecule has 2 saturated heterocycles. The minimum atomic E-state index is -0.999. The number of imide groups is 1. The molecule has 168 valence electrons. The van der Waals surface area contributed by atoms with E-state index < -0.39 is 24.0 Å². The van der Waals surface area contributed by atoms with Crippen LogP contribution >= 0.6 is 11.6 Å². The fraction of sp³-hybridized carbons (Fsp3) is 0.200. The van der Waals surface area contributed by atoms with Crippen molar-refractivity contribution in [2.75, 3.05) is 17.1 Å². The highest BCUT2D eigenvalue weighted by Crippen LogP contribution is 2.49. The van der Waals surface area contributed by atoms with Crippen LogP contribution in [0.15, 0.2) is 66.7 Å². The van der Waals surface area contributed by atoms with Gasteiger partial charge in [0.1, 0.15) is 5.92 Å². The second kappa shape index (κ2) is 8.10. The van der Waals surface area contributed by atoms with Crippen LogP contribution in [0.3, 0.4) is 0 Å². The third-order valence-electron chi connectivity index (χ3n) is 6.15. The van der Waals surface area contributed by atoms with Crippen LogP contribution in [0.25, 0.3) is 0 Å². The first kappa shape index (κ1) is 21.3. The summed E-state index contributed by atoms with van der Waals surface area (Å²) in [7, 11) is 1.45. The molecule has 3 aromatic carbocycles. The minimum Gasteiger partial charge on any atom is -0.504 e. The predicted octanol–water partition coefficient (Wildman–Crippen LogP) is 4.41. The number of rotatable bonds is 4. The zero-order valence-electron chi connectivity index (χ0n) is 17.9. The van der Waals surface area contributed by atoms with E-state index in [0.717, 1.165) is 0 Å². The van der Waals surface area contributed by atoms with Crippen LogP contribution in [-0.2, 0) is 14.4 Å². The molecule has 2 aliphatic heterocycles. The Hall–Kier alpha value is -3.55. The topological polar surface area (TPSA) is 79.3 Å². The molecule has 2 aliphatic rings. The lowest BCUT2D eigenvalue weighted by Gasteiger charge is -2.29. The molecule has 0 bridgehead atoms. The molecule has 1 N–H and O–H groups in total. The van der Waals surface area contributed by atoms with Crippen LogP contribution in [-0.4, -0.2) is 30.1 Å². The van der Waals surface area contributed by atoms with Gasteiger partial charge in [0.15, 0.2) is 17.6 Å². The number of hydrogen-bond acceptors (Lipinski definition) is 6. The quantitative estimate of drug-likeness (QED) is 0.576. The number of phenols is 1. The lowest BCUT2D eigenvalue weighted by molar-refractivity contribution is -0.126. The summed E-state index contributed by atoms with van der Waals surface area (Å²) in [4.78, 5) is 34.5. The van der Waals surface area contributed by atoms with E-state index >= 15 is 0 Å². The SMILES string of the molecule is COc1cc(C2C3C(=O)N(c4cccc(Cl)c4C)C(=O)C3ON2c2ccccc2)ccc1O. The zero-order chi connectivity index (χ0) is 23.3. The van der Waals surface area contributed by atoms with Gasteiger partial charge < -0.3 is 9.84 Å². The summed E-state index contributed by atoms with van der Waals surface area (Å²) in [6.07, 6.45) is -0.999. The van der Waals surface area contributed by atoms with Gasteiger partial charge in [-0.15, -0.1) is 0 Å². The number of methoxy groups -OCH3 is 1. The van der Waals surface area contributed by atoms with Crippen molar-refractivity contribution in [3.63, 3.8) is 0 Å². The Morgan fingerprint density at radius 1 is 1.00 bits per heavy atom. The highest BCUT2D eigenvalue weighted by molar-refractivity contribution is 6.32. The van der Waals surface area contributed by atoms with E-state index in [2.05, 4.69) is 0 Å². The van der Waals surface area contributed by atoms with E-state index in [1.807, 2.05) is 30.3 Å². The van der Waals surface area contributed by atoms with E-state index in [-0.39, 0.29) is 17.4 Å². The van der Waals surface area contributed by atoms with Gasteiger partial charge in [0.25, 0.3) is 5.91 Å². The number of aromatic hydroxyl groups is 1. The second-order valence-electron chi connectivity index (χ2n) is 7.99. The standard InChI is InChI=1S/C25H21ClN2O5/c1-14-17(26)9-6-10-18(14)27-24(30)21-22(15-11-12-19(29)20(13-15)32-2)28(33-23(21)25(27)31)16-7-4-3-5-8-16/h3-13,21-23,29H,1-2H3. The van der Waals surface area contributed by atoms with Crippen LogP contribution in [0.1, 0.15) is 17.2 Å². The third kappa shape index (κ3) is 3.32. The monoisotopic (exact) mass is 464 g/mol. The average Bonchev–Trinajstić information content (AvgIpc) is 3.33. The maximum atomic E-state index is 13.7. The summed E-state index contributed by atoms with van der Waals surface area (Å²) >= 11 is 6.26. The molecule has 0 spiro atoms. The van der Waals surface area contributed by atoms with Crippen LogP contribution < -0.4 is 14.7 Å². The summed E-state index contributed by atoms with van der Waals surface area (Å²) in [5.74, 6) is -1.36. The Kier molecular flexibility index (Phi) is 5.23. The number of carbonyl (C=O) groups excluding carboxylic acids is 2. The highest BCUT2D eigenvalue weighted by Gasteiger charge is 2.60. The van der Waals surface area contributed by atoms with Crippen molar-refractivity contribution in [3.8, 4) is 11.5 Å². The molecule has 0 radical (unpaired) electrons. The molecule has 3 aromatic rings. The molecule has 33 heavy (non-hydrogen) atoms. The number of para-hydroxylation sites is 1. The Bertz CT molecular complexity index is 1250. The van der Waals surface area contributed by atoms with Crippen molar-refractivity contribution in [2.24, 2.45) is 5.92 Å². The molecule has 3 unspecified atom stereocenters. The Morgan fingerprint density at radius 2 is 1.76 bits per heavy atom. The maximum absolute atomic E-state index is 13.7. The van der Waals surface area contributed by atoms with Crippen LogP contribution in [0.4, 0.5) is 11.4 Å². The van der Waals surface area contributed by atoms with Crippen molar-refractivity contribution >= 4 is 34.8 Å². The number of ether oxygens (including phenoxy) is 1. The number of fused-ring (bicyclic) bond motifs is 1. The number of hydrogen-bond donors (Lipinski definition) is 1. The predicted molar refractivity (Wildman–Crippen MR) is 123 cm³/mol. The van der Waals surface area contributed by atoms with Crippen molar-refractivity contribution in [3.05, 3.63) is 82.9 Å². The molecule has 8 heteroatoms. The number of carbonyl (C=O) groups is 2. The molecule has 3 atom stereocenters. The number of amides is 2. The van der Waals surface area contributed by atoms with Crippen molar-refractivity contribution < 1.29 is 24.3 Å². The first-order valence-electron chi connectivity index (χ1n) is 10.4. The molecule has 0 aromatic heterocycles. The van der Waals surface area contributed by atoms with Crippen molar-refractivity contribution in [1.82, 2.24) is 0 Å². The van der Waals surface area contributed by atoms with Gasteiger partial charge in [-0.25, -0.2) is 9.96 Å². The smallest absolute Gasteiger partial charge is 0.266 e. The average molecular weight is 465 g/mol. The maximum Gasteiger partial charge on any atom is 0.266 e. The molecule has 0 saturated carbocycles. The molecule has 5 rings (SSSR count). The zero-order valence-corrected chi connectivity index (χ0v) is 18.7. The van der Waals surface area contributed by atoms with Gasteiger partial charge in [0, 0.05) is 5.02 Å². The molecule has 7 nitrogen and oxygen atoms in total. The Balaban J connectivity index is 1.62. The number of anilines is 2. The number of nitrogens with zero attached hydrogens (tertiary/aromatic N) is 2. The van der Waals surface area contributed by atoms with Gasteiger partial charge in [-0.1, -0.05) is 41.9 Å². The van der Waals surface area contributed by atoms with E-state index in [4.69, 9.17) is 21.2 Å². The second-order valence-corrected chi connectivity index (χ2v) is 8.39. The fourth-order valence-electron chi connectivity index (χ4n) is 4.51. The highest BCUT2D eigenvalue weighted by atomic mass is 35.5. The minimum absolute atomic E-state index is 0.0204. The summed E-state index contributed by atoms with van der Waals surface area (Å²) in [5, 5.41) is 12.1. The number of halogens is 1. The van der Waals surface area contributed by atoms with Gasteiger partial charge >= 0.3 is 0 Å². The molecule has 0 aliphatic carbocycles. The number of benzene rings is 3. The van der Waals surface area contributed by atoms with Crippen molar-refractivity contribution in [1.29, 1.82) is 0 Å². The summed E-state index contributed by atoms with van der Waals surface area (Å²) in [6.45, 7) is 1.77. The van der Waals surface area contributed by atoms with Gasteiger partial charge in [-0.05, 0) is 54.4 Å². The largest absolute Gasteiger partial charge is 0.504 e. The van der Waals surface area contributed by atoms with Gasteiger partial charge in [0.2, 0.25) is 5.91 Å². The van der Waals surface area contributed by atoms with Crippen LogP contribution in [0.2, 0.25) is 5.02 Å². The van der Waals surface area contributed by atoms with E-state index in [0.29, 0.717) is 27.5 Å². The van der Waals surface area contributed by atoms with Crippen LogP contribution in [0, 0.1) is 12.8 Å². The Labute approximate surface area is 195 Å². The van der Waals surface area contributed by atoms with E-state index in [1.165, 1.54) is 18.1 Å². The van der Waals surface area contributed by atoms with Crippen molar-refractivity contribution in [2.45, 2.75) is 19.1 Å². The van der Waals surface area contributed by atoms with Gasteiger partial charge in [0.05, 0.1) is 24.5 Å². The molecule has 2 fully saturated rings. The lowest BCUT2D eigenvalue weighted by atomic mass is 9.90. The molecular formula is C25H21ClN2O5. The first-order valence-corrected chi connectivity index (χ1v) is 10.8. The Morgan fingerprint density at radius 3 is 2.48 bits per heavy atom. The molecule has 2 amide bonds. The molecular weight excluding hydrogens is 444 g/mol. The number of hydroxylamine groups is 1. The number of phenolic OH excluding ortho intramolecular Hbond substituents is 1. The molecule has 2 heterocycles. The van der Waals surface area contributed by atoms with E-state index in [1.54, 1.807) is 42.3 Å². The lowest BCUT2D eigenvalue weighted by Crippen LogP contribution is -2.37. The summed E-state index contributed by atoms with van der Waals surface area (Å²) in [5.41, 5.74) is 2.47. The van der Waals surface area contributed by atoms with Crippen LogP contribution in [0.5, 0.6) is 11.5 Å². The van der Waals surface area contributed by atoms with E-state index in [9.17, 15) is 14.7 Å². The third-order valence-corrected chi connectivity index (χ3v) is 6.56. The summed E-state index contributed by atoms with van der Waals surface area (Å²) < 4.78 is 5.28. The fourth-order valence-corrected chi connectivity index (χ4v) is 4.68. The first-order chi connectivity index (χ1) is 15.9. The summed E-state index contributed by atoms with van der Waals surface area (Å²) in [6, 6.07) is 18.6.